The molecule has 3 rings (SSSR count). The highest BCUT2D eigenvalue weighted by atomic mass is 19.1. The normalized spacial score (nSPS) is 17.8. The van der Waals surface area contributed by atoms with E-state index >= 15 is 0 Å². The molecule has 1 aliphatic heterocycles. The van der Waals surface area contributed by atoms with Crippen LogP contribution in [0.5, 0.6) is 0 Å². The number of likely N-dealkylation sites (tertiary alicyclic amines) is 1. The number of benzene rings is 2. The third-order valence-corrected chi connectivity index (χ3v) is 4.86. The summed E-state index contributed by atoms with van der Waals surface area (Å²) in [6.45, 7) is 2.80. The lowest BCUT2D eigenvalue weighted by molar-refractivity contribution is 0.189. The minimum Gasteiger partial charge on any atom is -0.317 e. The van der Waals surface area contributed by atoms with Crippen LogP contribution in [0.2, 0.25) is 0 Å². The molecule has 1 N–H and O–H groups in total. The average molecular weight is 340 g/mol. The zero-order chi connectivity index (χ0) is 17.6. The number of rotatable bonds is 3. The third kappa shape index (κ3) is 4.38. The lowest BCUT2D eigenvalue weighted by Crippen LogP contribution is -2.38. The molecule has 0 saturated carbocycles. The summed E-state index contributed by atoms with van der Waals surface area (Å²) in [5.74, 6) is -0.253. The quantitative estimate of drug-likeness (QED) is 0.782. The van der Waals surface area contributed by atoms with Crippen molar-refractivity contribution in [3.63, 3.8) is 0 Å². The van der Waals surface area contributed by atoms with Gasteiger partial charge in [0, 0.05) is 12.2 Å². The molecule has 0 bridgehead atoms. The summed E-state index contributed by atoms with van der Waals surface area (Å²) >= 11 is 0. The molecule has 132 valence electrons. The number of carbonyl (C=O) groups excluding carboxylic acids is 1. The number of anilines is 1. The summed E-state index contributed by atoms with van der Waals surface area (Å²) in [6, 6.07) is 14.4. The molecule has 0 radical (unpaired) electrons. The number of amides is 2. The van der Waals surface area contributed by atoms with Gasteiger partial charge in [0.15, 0.2) is 0 Å². The van der Waals surface area contributed by atoms with Gasteiger partial charge in [-0.25, -0.2) is 9.18 Å². The maximum atomic E-state index is 13.7. The molecular formula is C21H25FN2O. The molecular weight excluding hydrogens is 315 g/mol. The molecule has 1 saturated heterocycles. The summed E-state index contributed by atoms with van der Waals surface area (Å²) in [5, 5.41) is 3.00. The maximum absolute atomic E-state index is 13.7. The number of urea groups is 1. The minimum absolute atomic E-state index is 0.0758. The van der Waals surface area contributed by atoms with E-state index in [1.165, 1.54) is 11.6 Å². The highest BCUT2D eigenvalue weighted by molar-refractivity contribution is 5.89. The van der Waals surface area contributed by atoms with Gasteiger partial charge >= 0.3 is 6.03 Å². The smallest absolute Gasteiger partial charge is 0.317 e. The molecule has 2 aromatic carbocycles. The van der Waals surface area contributed by atoms with Crippen molar-refractivity contribution < 1.29 is 9.18 Å². The Kier molecular flexibility index (Phi) is 5.69. The van der Waals surface area contributed by atoms with Gasteiger partial charge in [-0.3, -0.25) is 0 Å². The Labute approximate surface area is 148 Å². The number of nitrogens with zero attached hydrogens (tertiary/aromatic N) is 1. The Bertz CT molecular complexity index is 714. The Morgan fingerprint density at radius 2 is 1.96 bits per heavy atom. The molecule has 1 atom stereocenters. The van der Waals surface area contributed by atoms with E-state index in [9.17, 15) is 9.18 Å². The standard InChI is InChI=1S/C21H25FN2O/c1-2-16-10-12-19(13-11-16)23-21(25)24-14-5-3-4-9-20(24)17-7-6-8-18(22)15-17/h6-8,10-13,15,20H,2-5,9,14H2,1H3,(H,23,25)/t20-/m1/s1. The molecule has 4 heteroatoms. The molecule has 1 aliphatic rings. The fraction of sp³-hybridized carbons (Fsp3) is 0.381. The van der Waals surface area contributed by atoms with Crippen LogP contribution in [0.25, 0.3) is 0 Å². The average Bonchev–Trinajstić information content (AvgIpc) is 2.88. The lowest BCUT2D eigenvalue weighted by atomic mass is 10.0. The second-order valence-electron chi connectivity index (χ2n) is 6.59. The molecule has 0 aliphatic carbocycles. The third-order valence-electron chi connectivity index (χ3n) is 4.86. The Hall–Kier alpha value is -2.36. The first-order chi connectivity index (χ1) is 12.2. The van der Waals surface area contributed by atoms with Crippen LogP contribution in [0.4, 0.5) is 14.9 Å². The Morgan fingerprint density at radius 1 is 1.16 bits per heavy atom. The van der Waals surface area contributed by atoms with Gasteiger partial charge < -0.3 is 10.2 Å². The van der Waals surface area contributed by atoms with Crippen LogP contribution in [0, 0.1) is 5.82 Å². The maximum Gasteiger partial charge on any atom is 0.322 e. The number of hydrogen-bond acceptors (Lipinski definition) is 1. The minimum atomic E-state index is -0.253. The van der Waals surface area contributed by atoms with Gasteiger partial charge in [-0.2, -0.15) is 0 Å². The number of hydrogen-bond donors (Lipinski definition) is 1. The predicted octanol–water partition coefficient (Wildman–Crippen LogP) is 5.54. The number of aryl methyl sites for hydroxylation is 1. The first-order valence-electron chi connectivity index (χ1n) is 9.09. The second kappa shape index (κ2) is 8.15. The molecule has 1 fully saturated rings. The number of nitrogens with one attached hydrogen (secondary N) is 1. The van der Waals surface area contributed by atoms with Crippen LogP contribution in [-0.2, 0) is 6.42 Å². The molecule has 25 heavy (non-hydrogen) atoms. The van der Waals surface area contributed by atoms with E-state index in [1.54, 1.807) is 12.1 Å². The number of carbonyl (C=O) groups is 1. The molecule has 2 aromatic rings. The molecule has 0 spiro atoms. The highest BCUT2D eigenvalue weighted by Gasteiger charge is 2.27. The van der Waals surface area contributed by atoms with Crippen LogP contribution in [0.1, 0.15) is 49.8 Å². The first kappa shape index (κ1) is 17.5. The van der Waals surface area contributed by atoms with Gasteiger partial charge in [0.25, 0.3) is 0 Å². The van der Waals surface area contributed by atoms with Crippen LogP contribution in [0.15, 0.2) is 48.5 Å². The second-order valence-corrected chi connectivity index (χ2v) is 6.59. The molecule has 3 nitrogen and oxygen atoms in total. The summed E-state index contributed by atoms with van der Waals surface area (Å²) in [7, 11) is 0. The lowest BCUT2D eigenvalue weighted by Gasteiger charge is -2.30. The van der Waals surface area contributed by atoms with Crippen LogP contribution < -0.4 is 5.32 Å². The predicted molar refractivity (Wildman–Crippen MR) is 99.2 cm³/mol. The SMILES string of the molecule is CCc1ccc(NC(=O)N2CCCCC[C@@H]2c2cccc(F)c2)cc1. The van der Waals surface area contributed by atoms with Crippen molar-refractivity contribution in [2.75, 3.05) is 11.9 Å². The molecule has 2 amide bonds. The zero-order valence-corrected chi connectivity index (χ0v) is 14.7. The largest absolute Gasteiger partial charge is 0.322 e. The van der Waals surface area contributed by atoms with E-state index in [-0.39, 0.29) is 17.9 Å². The van der Waals surface area contributed by atoms with E-state index in [0.717, 1.165) is 43.4 Å². The van der Waals surface area contributed by atoms with Gasteiger partial charge in [-0.15, -0.1) is 0 Å². The fourth-order valence-electron chi connectivity index (χ4n) is 3.43. The monoisotopic (exact) mass is 340 g/mol. The summed E-state index contributed by atoms with van der Waals surface area (Å²) < 4.78 is 13.7. The van der Waals surface area contributed by atoms with Crippen molar-refractivity contribution in [2.24, 2.45) is 0 Å². The summed E-state index contributed by atoms with van der Waals surface area (Å²) in [6.07, 6.45) is 4.97. The van der Waals surface area contributed by atoms with Gasteiger partial charge in [-0.1, -0.05) is 44.0 Å². The van der Waals surface area contributed by atoms with Crippen molar-refractivity contribution in [2.45, 2.75) is 45.1 Å². The first-order valence-corrected chi connectivity index (χ1v) is 9.09. The summed E-state index contributed by atoms with van der Waals surface area (Å²) in [4.78, 5) is 14.7. The fourth-order valence-corrected chi connectivity index (χ4v) is 3.43. The van der Waals surface area contributed by atoms with Gasteiger partial charge in [0.2, 0.25) is 0 Å². The van der Waals surface area contributed by atoms with Crippen LogP contribution in [0.3, 0.4) is 0 Å². The van der Waals surface area contributed by atoms with Crippen molar-refractivity contribution in [1.29, 1.82) is 0 Å². The highest BCUT2D eigenvalue weighted by Crippen LogP contribution is 2.31. The van der Waals surface area contributed by atoms with Gasteiger partial charge in [0.05, 0.1) is 6.04 Å². The van der Waals surface area contributed by atoms with E-state index < -0.39 is 0 Å². The van der Waals surface area contributed by atoms with Crippen LogP contribution in [-0.4, -0.2) is 17.5 Å². The van der Waals surface area contributed by atoms with Crippen molar-refractivity contribution in [1.82, 2.24) is 4.90 Å². The van der Waals surface area contributed by atoms with Crippen molar-refractivity contribution in [3.05, 3.63) is 65.5 Å². The van der Waals surface area contributed by atoms with Gasteiger partial charge in [0.1, 0.15) is 5.82 Å². The van der Waals surface area contributed by atoms with Crippen molar-refractivity contribution in [3.8, 4) is 0 Å². The summed E-state index contributed by atoms with van der Waals surface area (Å²) in [5.41, 5.74) is 2.91. The van der Waals surface area contributed by atoms with Crippen molar-refractivity contribution >= 4 is 11.7 Å². The molecule has 1 heterocycles. The van der Waals surface area contributed by atoms with E-state index in [2.05, 4.69) is 12.2 Å². The van der Waals surface area contributed by atoms with Gasteiger partial charge in [-0.05, 0) is 54.7 Å². The van der Waals surface area contributed by atoms with E-state index in [1.807, 2.05) is 35.2 Å². The molecule has 0 aromatic heterocycles. The zero-order valence-electron chi connectivity index (χ0n) is 14.7. The van der Waals surface area contributed by atoms with E-state index in [4.69, 9.17) is 0 Å². The molecule has 0 unspecified atom stereocenters. The Balaban J connectivity index is 1.79. The van der Waals surface area contributed by atoms with Crippen LogP contribution >= 0.6 is 0 Å². The Morgan fingerprint density at radius 3 is 2.68 bits per heavy atom. The number of halogens is 1. The topological polar surface area (TPSA) is 32.3 Å². The van der Waals surface area contributed by atoms with E-state index in [0.29, 0.717) is 6.54 Å².